The monoisotopic (exact) mass is 348 g/mol. The first-order valence-corrected chi connectivity index (χ1v) is 7.69. The number of methoxy groups -OCH3 is 2. The molecule has 0 fully saturated rings. The summed E-state index contributed by atoms with van der Waals surface area (Å²) in [6.45, 7) is 0.308. The number of benzene rings is 2. The molecule has 0 aromatic heterocycles. The fourth-order valence-electron chi connectivity index (χ4n) is 2.23. The van der Waals surface area contributed by atoms with Crippen LogP contribution in [0, 0.1) is 5.82 Å². The molecule has 0 saturated heterocycles. The average Bonchev–Trinajstić information content (AvgIpc) is 2.64. The molecule has 0 bridgehead atoms. The molecule has 3 N–H and O–H groups in total. The Hall–Kier alpha value is -2.80. The van der Waals surface area contributed by atoms with Crippen molar-refractivity contribution in [3.05, 3.63) is 59.4 Å². The number of halogens is 1. The van der Waals surface area contributed by atoms with Crippen molar-refractivity contribution < 1.29 is 23.8 Å². The van der Waals surface area contributed by atoms with Gasteiger partial charge in [0, 0.05) is 13.1 Å². The number of rotatable bonds is 7. The van der Waals surface area contributed by atoms with Gasteiger partial charge in [0.05, 0.1) is 20.3 Å². The van der Waals surface area contributed by atoms with Crippen LogP contribution < -0.4 is 20.1 Å². The van der Waals surface area contributed by atoms with E-state index < -0.39 is 12.1 Å². The molecule has 134 valence electrons. The maximum Gasteiger partial charge on any atom is 0.315 e. The Morgan fingerprint density at radius 2 is 1.76 bits per heavy atom. The molecule has 1 atom stereocenters. The molecule has 0 heterocycles. The van der Waals surface area contributed by atoms with Gasteiger partial charge in [-0.2, -0.15) is 0 Å². The van der Waals surface area contributed by atoms with E-state index in [2.05, 4.69) is 10.6 Å². The summed E-state index contributed by atoms with van der Waals surface area (Å²) in [4.78, 5) is 11.8. The molecule has 0 aliphatic heterocycles. The lowest BCUT2D eigenvalue weighted by Crippen LogP contribution is -2.37. The van der Waals surface area contributed by atoms with Crippen LogP contribution in [-0.2, 0) is 6.54 Å². The third-order valence-corrected chi connectivity index (χ3v) is 3.61. The Morgan fingerprint density at radius 3 is 2.40 bits per heavy atom. The van der Waals surface area contributed by atoms with Crippen molar-refractivity contribution in [1.29, 1.82) is 0 Å². The summed E-state index contributed by atoms with van der Waals surface area (Å²) >= 11 is 0. The van der Waals surface area contributed by atoms with E-state index in [4.69, 9.17) is 9.47 Å². The van der Waals surface area contributed by atoms with E-state index in [0.717, 1.165) is 5.56 Å². The minimum absolute atomic E-state index is 0.0173. The Bertz CT molecular complexity index is 707. The second-order valence-electron chi connectivity index (χ2n) is 5.32. The number of hydrogen-bond acceptors (Lipinski definition) is 4. The van der Waals surface area contributed by atoms with Crippen LogP contribution in [0.1, 0.15) is 17.2 Å². The van der Waals surface area contributed by atoms with Crippen LogP contribution in [0.5, 0.6) is 11.5 Å². The Balaban J connectivity index is 1.81. The van der Waals surface area contributed by atoms with E-state index in [1.807, 2.05) is 6.07 Å². The largest absolute Gasteiger partial charge is 0.493 e. The summed E-state index contributed by atoms with van der Waals surface area (Å²) in [7, 11) is 3.09. The van der Waals surface area contributed by atoms with Crippen molar-refractivity contribution in [1.82, 2.24) is 10.6 Å². The Morgan fingerprint density at radius 1 is 1.08 bits per heavy atom. The zero-order valence-electron chi connectivity index (χ0n) is 14.1. The highest BCUT2D eigenvalue weighted by atomic mass is 19.1. The molecule has 2 rings (SSSR count). The molecular weight excluding hydrogens is 327 g/mol. The third-order valence-electron chi connectivity index (χ3n) is 3.61. The summed E-state index contributed by atoms with van der Waals surface area (Å²) in [5.74, 6) is 0.809. The van der Waals surface area contributed by atoms with Crippen molar-refractivity contribution in [2.24, 2.45) is 0 Å². The van der Waals surface area contributed by atoms with Crippen LogP contribution >= 0.6 is 0 Å². The quantitative estimate of drug-likeness (QED) is 0.718. The zero-order valence-corrected chi connectivity index (χ0v) is 14.1. The number of aliphatic hydroxyl groups excluding tert-OH is 1. The van der Waals surface area contributed by atoms with Crippen LogP contribution in [0.15, 0.2) is 42.5 Å². The number of aliphatic hydroxyl groups is 1. The maximum atomic E-state index is 12.8. The van der Waals surface area contributed by atoms with Crippen LogP contribution in [0.3, 0.4) is 0 Å². The van der Waals surface area contributed by atoms with Gasteiger partial charge in [-0.3, -0.25) is 0 Å². The Kier molecular flexibility index (Phi) is 6.59. The van der Waals surface area contributed by atoms with Gasteiger partial charge in [-0.15, -0.1) is 0 Å². The molecule has 2 aromatic rings. The summed E-state index contributed by atoms with van der Waals surface area (Å²) < 4.78 is 23.2. The maximum absolute atomic E-state index is 12.8. The highest BCUT2D eigenvalue weighted by molar-refractivity contribution is 5.73. The number of nitrogens with one attached hydrogen (secondary N) is 2. The van der Waals surface area contributed by atoms with Crippen LogP contribution in [0.2, 0.25) is 0 Å². The summed E-state index contributed by atoms with van der Waals surface area (Å²) in [5, 5.41) is 15.2. The van der Waals surface area contributed by atoms with Gasteiger partial charge in [0.2, 0.25) is 0 Å². The summed E-state index contributed by atoms with van der Waals surface area (Å²) in [5.41, 5.74) is 1.37. The number of carbonyl (C=O) groups excluding carboxylic acids is 1. The first-order valence-electron chi connectivity index (χ1n) is 7.69. The van der Waals surface area contributed by atoms with E-state index in [-0.39, 0.29) is 12.4 Å². The molecule has 0 saturated carbocycles. The molecule has 6 nitrogen and oxygen atoms in total. The second kappa shape index (κ2) is 8.89. The van der Waals surface area contributed by atoms with E-state index >= 15 is 0 Å². The zero-order chi connectivity index (χ0) is 18.2. The fourth-order valence-corrected chi connectivity index (χ4v) is 2.23. The van der Waals surface area contributed by atoms with Gasteiger partial charge >= 0.3 is 6.03 Å². The predicted molar refractivity (Wildman–Crippen MR) is 91.1 cm³/mol. The fraction of sp³-hybridized carbons (Fsp3) is 0.278. The van der Waals surface area contributed by atoms with E-state index in [9.17, 15) is 14.3 Å². The van der Waals surface area contributed by atoms with Gasteiger partial charge in [0.15, 0.2) is 11.5 Å². The summed E-state index contributed by atoms with van der Waals surface area (Å²) in [6, 6.07) is 10.4. The van der Waals surface area contributed by atoms with Crippen LogP contribution in [0.25, 0.3) is 0 Å². The summed E-state index contributed by atoms with van der Waals surface area (Å²) in [6.07, 6.45) is -0.910. The van der Waals surface area contributed by atoms with Gasteiger partial charge in [0.1, 0.15) is 5.82 Å². The minimum atomic E-state index is -0.910. The second-order valence-corrected chi connectivity index (χ2v) is 5.32. The number of amides is 2. The van der Waals surface area contributed by atoms with Crippen molar-refractivity contribution in [2.75, 3.05) is 20.8 Å². The predicted octanol–water partition coefficient (Wildman–Crippen LogP) is 2.38. The van der Waals surface area contributed by atoms with Gasteiger partial charge in [-0.25, -0.2) is 9.18 Å². The van der Waals surface area contributed by atoms with Crippen LogP contribution in [0.4, 0.5) is 9.18 Å². The molecule has 0 spiro atoms. The highest BCUT2D eigenvalue weighted by Crippen LogP contribution is 2.27. The van der Waals surface area contributed by atoms with Crippen molar-refractivity contribution in [3.8, 4) is 11.5 Å². The average molecular weight is 348 g/mol. The van der Waals surface area contributed by atoms with E-state index in [1.54, 1.807) is 26.4 Å². The SMILES string of the molecule is COc1ccc(CNC(=O)NCC(O)c2ccc(F)cc2)cc1OC. The van der Waals surface area contributed by atoms with Crippen molar-refractivity contribution >= 4 is 6.03 Å². The number of carbonyl (C=O) groups is 1. The molecule has 2 aromatic carbocycles. The number of ether oxygens (including phenoxy) is 2. The van der Waals surface area contributed by atoms with Gasteiger partial charge in [0.25, 0.3) is 0 Å². The molecule has 0 aliphatic carbocycles. The molecule has 7 heteroatoms. The minimum Gasteiger partial charge on any atom is -0.493 e. The lowest BCUT2D eigenvalue weighted by atomic mass is 10.1. The lowest BCUT2D eigenvalue weighted by molar-refractivity contribution is 0.173. The molecule has 25 heavy (non-hydrogen) atoms. The first kappa shape index (κ1) is 18.5. The van der Waals surface area contributed by atoms with Crippen LogP contribution in [-0.4, -0.2) is 31.9 Å². The normalized spacial score (nSPS) is 11.5. The Labute approximate surface area is 145 Å². The number of hydrogen-bond donors (Lipinski definition) is 3. The molecule has 2 amide bonds. The van der Waals surface area contributed by atoms with Gasteiger partial charge in [-0.05, 0) is 35.4 Å². The number of urea groups is 1. The van der Waals surface area contributed by atoms with Gasteiger partial charge in [-0.1, -0.05) is 18.2 Å². The highest BCUT2D eigenvalue weighted by Gasteiger charge is 2.10. The third kappa shape index (κ3) is 5.36. The smallest absolute Gasteiger partial charge is 0.315 e. The van der Waals surface area contributed by atoms with Crippen molar-refractivity contribution in [3.63, 3.8) is 0 Å². The first-order chi connectivity index (χ1) is 12.0. The van der Waals surface area contributed by atoms with E-state index in [1.165, 1.54) is 24.3 Å². The molecular formula is C18H21FN2O4. The standard InChI is InChI=1S/C18H21FN2O4/c1-24-16-8-3-12(9-17(16)25-2)10-20-18(23)21-11-15(22)13-4-6-14(19)7-5-13/h3-9,15,22H,10-11H2,1-2H3,(H2,20,21,23). The molecule has 0 radical (unpaired) electrons. The van der Waals surface area contributed by atoms with Crippen molar-refractivity contribution in [2.45, 2.75) is 12.6 Å². The molecule has 0 aliphatic rings. The van der Waals surface area contributed by atoms with E-state index in [0.29, 0.717) is 23.6 Å². The van der Waals surface area contributed by atoms with Gasteiger partial charge < -0.3 is 25.2 Å². The topological polar surface area (TPSA) is 79.8 Å². The molecule has 1 unspecified atom stereocenters. The lowest BCUT2D eigenvalue weighted by Gasteiger charge is -2.13.